The first kappa shape index (κ1) is 25.9. The van der Waals surface area contributed by atoms with E-state index in [9.17, 15) is 9.59 Å². The van der Waals surface area contributed by atoms with E-state index in [2.05, 4.69) is 39.7 Å². The van der Waals surface area contributed by atoms with Crippen LogP contribution in [0.15, 0.2) is 24.5 Å². The van der Waals surface area contributed by atoms with Crippen molar-refractivity contribution in [1.29, 1.82) is 0 Å². The van der Waals surface area contributed by atoms with E-state index in [1.54, 1.807) is 0 Å². The third-order valence-corrected chi connectivity index (χ3v) is 9.84. The second kappa shape index (κ2) is 10.4. The van der Waals surface area contributed by atoms with Gasteiger partial charge in [0, 0.05) is 73.5 Å². The first-order valence-corrected chi connectivity index (χ1v) is 15.3. The second-order valence-electron chi connectivity index (χ2n) is 12.8. The number of hydrogen-bond acceptors (Lipinski definition) is 5. The number of carbonyl (C=O) groups excluding carboxylic acids is 1. The lowest BCUT2D eigenvalue weighted by Crippen LogP contribution is -2.54. The van der Waals surface area contributed by atoms with E-state index in [1.807, 2.05) is 6.20 Å². The fourth-order valence-electron chi connectivity index (χ4n) is 6.93. The molecular weight excluding hydrogens is 506 g/mol. The van der Waals surface area contributed by atoms with Crippen molar-refractivity contribution in [3.05, 3.63) is 30.1 Å². The highest BCUT2D eigenvalue weighted by molar-refractivity contribution is 5.99. The van der Waals surface area contributed by atoms with Crippen molar-refractivity contribution >= 4 is 17.7 Å². The molecule has 2 saturated heterocycles. The largest absolute Gasteiger partial charge is 0.489 e. The number of likely N-dealkylation sites (tertiary alicyclic amines) is 2. The fraction of sp³-hybridized carbons (Fsp3) is 0.645. The molecule has 40 heavy (non-hydrogen) atoms. The van der Waals surface area contributed by atoms with Gasteiger partial charge >= 0.3 is 6.09 Å². The predicted molar refractivity (Wildman–Crippen MR) is 152 cm³/mol. The predicted octanol–water partition coefficient (Wildman–Crippen LogP) is 4.81. The van der Waals surface area contributed by atoms with E-state index in [0.29, 0.717) is 25.0 Å². The smallest absolute Gasteiger partial charge is 0.407 e. The van der Waals surface area contributed by atoms with Gasteiger partial charge in [-0.25, -0.2) is 4.79 Å². The van der Waals surface area contributed by atoms with Crippen LogP contribution in [0, 0.1) is 11.8 Å². The van der Waals surface area contributed by atoms with Gasteiger partial charge in [0.15, 0.2) is 0 Å². The Kier molecular flexibility index (Phi) is 6.72. The Morgan fingerprint density at radius 3 is 2.50 bits per heavy atom. The Labute approximate surface area is 236 Å². The van der Waals surface area contributed by atoms with Gasteiger partial charge < -0.3 is 24.5 Å². The van der Waals surface area contributed by atoms with Crippen molar-refractivity contribution in [2.75, 3.05) is 37.6 Å². The fourth-order valence-corrected chi connectivity index (χ4v) is 6.93. The van der Waals surface area contributed by atoms with Gasteiger partial charge in [0.1, 0.15) is 5.75 Å². The highest BCUT2D eigenvalue weighted by Crippen LogP contribution is 2.46. The Morgan fingerprint density at radius 2 is 1.82 bits per heavy atom. The minimum atomic E-state index is -0.803. The molecule has 1 aromatic carbocycles. The van der Waals surface area contributed by atoms with Gasteiger partial charge in [0.2, 0.25) is 5.91 Å². The molecule has 214 valence electrons. The van der Waals surface area contributed by atoms with E-state index in [-0.39, 0.29) is 24.0 Å². The van der Waals surface area contributed by atoms with E-state index >= 15 is 0 Å². The van der Waals surface area contributed by atoms with Crippen LogP contribution in [0.1, 0.15) is 69.9 Å². The number of carboxylic acid groups (broad SMARTS) is 1. The topological polar surface area (TPSA) is 91.1 Å². The molecule has 2 amide bonds. The van der Waals surface area contributed by atoms with Crippen LogP contribution in [0.25, 0.3) is 11.1 Å². The Bertz CT molecular complexity index is 1270. The van der Waals surface area contributed by atoms with E-state index < -0.39 is 6.09 Å². The lowest BCUT2D eigenvalue weighted by molar-refractivity contribution is -0.120. The van der Waals surface area contributed by atoms with Crippen LogP contribution in [0.4, 0.5) is 10.5 Å². The number of anilines is 1. The standard InChI is InChI=1S/C31H41N5O4/c1-20-5-8-27-28(36(20)30(37)22-6-7-22)10-9-26(29(27)40-25-3-2-4-25)23-15-32-35(19-23)24-11-13-33(14-12-24)16-21-17-34(18-21)31(38)39/h9-10,15,19-22,24-25H,2-8,11-14,16-18H2,1H3,(H,38,39). The Hall–Kier alpha value is -3.07. The molecule has 3 aliphatic heterocycles. The lowest BCUT2D eigenvalue weighted by atomic mass is 9.91. The van der Waals surface area contributed by atoms with Crippen molar-refractivity contribution in [2.45, 2.75) is 82.9 Å². The molecule has 7 rings (SSSR count). The number of aromatic nitrogens is 2. The van der Waals surface area contributed by atoms with Crippen LogP contribution in [-0.2, 0) is 11.2 Å². The molecule has 2 aliphatic carbocycles. The second-order valence-corrected chi connectivity index (χ2v) is 12.8. The number of hydrogen-bond donors (Lipinski definition) is 1. The maximum absolute atomic E-state index is 13.3. The summed E-state index contributed by atoms with van der Waals surface area (Å²) in [7, 11) is 0. The molecule has 9 nitrogen and oxygen atoms in total. The minimum Gasteiger partial charge on any atom is -0.489 e. The summed E-state index contributed by atoms with van der Waals surface area (Å²) in [5.74, 6) is 1.90. The molecular formula is C31H41N5O4. The van der Waals surface area contributed by atoms with E-state index in [0.717, 1.165) is 93.6 Å². The first-order chi connectivity index (χ1) is 19.4. The maximum atomic E-state index is 13.3. The van der Waals surface area contributed by atoms with Gasteiger partial charge in [-0.2, -0.15) is 5.10 Å². The van der Waals surface area contributed by atoms with Crippen molar-refractivity contribution in [3.63, 3.8) is 0 Å². The van der Waals surface area contributed by atoms with Gasteiger partial charge in [0.25, 0.3) is 0 Å². The molecule has 0 spiro atoms. The highest BCUT2D eigenvalue weighted by atomic mass is 16.5. The number of amides is 2. The monoisotopic (exact) mass is 547 g/mol. The highest BCUT2D eigenvalue weighted by Gasteiger charge is 2.40. The zero-order valence-electron chi connectivity index (χ0n) is 23.5. The van der Waals surface area contributed by atoms with Gasteiger partial charge in [0.05, 0.1) is 24.0 Å². The molecule has 1 N–H and O–H groups in total. The molecule has 4 fully saturated rings. The number of piperidine rings is 1. The molecule has 2 aromatic rings. The third-order valence-electron chi connectivity index (χ3n) is 9.84. The molecule has 1 unspecified atom stereocenters. The van der Waals surface area contributed by atoms with Crippen LogP contribution in [0.3, 0.4) is 0 Å². The van der Waals surface area contributed by atoms with E-state index in [4.69, 9.17) is 14.9 Å². The zero-order valence-corrected chi connectivity index (χ0v) is 23.5. The summed E-state index contributed by atoms with van der Waals surface area (Å²) in [5, 5.41) is 13.9. The van der Waals surface area contributed by atoms with Gasteiger partial charge in [-0.05, 0) is 76.8 Å². The summed E-state index contributed by atoms with van der Waals surface area (Å²) in [4.78, 5) is 30.3. The number of nitrogens with zero attached hydrogens (tertiary/aromatic N) is 5. The number of rotatable bonds is 7. The van der Waals surface area contributed by atoms with Gasteiger partial charge in [-0.3, -0.25) is 9.48 Å². The van der Waals surface area contributed by atoms with E-state index in [1.165, 1.54) is 16.9 Å². The Balaban J connectivity index is 1.08. The number of fused-ring (bicyclic) bond motifs is 1. The van der Waals surface area contributed by atoms with Crippen LogP contribution in [0.5, 0.6) is 5.75 Å². The average molecular weight is 548 g/mol. The molecule has 2 saturated carbocycles. The van der Waals surface area contributed by atoms with Crippen molar-refractivity contribution in [3.8, 4) is 16.9 Å². The maximum Gasteiger partial charge on any atom is 0.407 e. The van der Waals surface area contributed by atoms with Crippen molar-refractivity contribution in [1.82, 2.24) is 19.6 Å². The minimum absolute atomic E-state index is 0.196. The normalized spacial score (nSPS) is 24.4. The number of carbonyl (C=O) groups is 2. The summed E-state index contributed by atoms with van der Waals surface area (Å²) in [6, 6.07) is 4.89. The average Bonchev–Trinajstić information content (AvgIpc) is 3.64. The molecule has 0 radical (unpaired) electrons. The van der Waals surface area contributed by atoms with Crippen molar-refractivity contribution < 1.29 is 19.4 Å². The summed E-state index contributed by atoms with van der Waals surface area (Å²) >= 11 is 0. The quantitative estimate of drug-likeness (QED) is 0.535. The number of benzene rings is 1. The third kappa shape index (κ3) is 4.86. The molecule has 1 aromatic heterocycles. The Morgan fingerprint density at radius 1 is 1.05 bits per heavy atom. The van der Waals surface area contributed by atoms with Crippen LogP contribution < -0.4 is 9.64 Å². The van der Waals surface area contributed by atoms with Crippen LogP contribution >= 0.6 is 0 Å². The summed E-state index contributed by atoms with van der Waals surface area (Å²) in [6.07, 6.45) is 13.0. The molecule has 0 bridgehead atoms. The molecule has 9 heteroatoms. The van der Waals surface area contributed by atoms with Crippen LogP contribution in [0.2, 0.25) is 0 Å². The summed E-state index contributed by atoms with van der Waals surface area (Å²) in [6.45, 7) is 6.51. The first-order valence-electron chi connectivity index (χ1n) is 15.3. The van der Waals surface area contributed by atoms with Gasteiger partial charge in [-0.1, -0.05) is 0 Å². The lowest BCUT2D eigenvalue weighted by Gasteiger charge is -2.41. The van der Waals surface area contributed by atoms with Gasteiger partial charge in [-0.15, -0.1) is 0 Å². The zero-order chi connectivity index (χ0) is 27.4. The molecule has 5 aliphatic rings. The summed E-state index contributed by atoms with van der Waals surface area (Å²) in [5.41, 5.74) is 4.42. The molecule has 4 heterocycles. The SMILES string of the molecule is CC1CCc2c(ccc(-c3cnn(C4CCN(CC5CN(C(=O)O)C5)CC4)c3)c2OC2CCC2)N1C(=O)C1CC1. The van der Waals surface area contributed by atoms with Crippen molar-refractivity contribution in [2.24, 2.45) is 11.8 Å². The number of ether oxygens (including phenoxy) is 1. The summed E-state index contributed by atoms with van der Waals surface area (Å²) < 4.78 is 8.83. The molecule has 1 atom stereocenters. The van der Waals surface area contributed by atoms with Crippen LogP contribution in [-0.4, -0.2) is 81.6 Å².